The van der Waals surface area contributed by atoms with Crippen molar-refractivity contribution in [2.45, 2.75) is 26.8 Å². The van der Waals surface area contributed by atoms with Gasteiger partial charge in [0.15, 0.2) is 0 Å². The van der Waals surface area contributed by atoms with E-state index in [1.165, 1.54) is 0 Å². The minimum Gasteiger partial charge on any atom is -0.397 e. The zero-order valence-corrected chi connectivity index (χ0v) is 13.6. The second-order valence-electron chi connectivity index (χ2n) is 5.20. The van der Waals surface area contributed by atoms with Crippen molar-refractivity contribution in [2.24, 2.45) is 0 Å². The summed E-state index contributed by atoms with van der Waals surface area (Å²) in [4.78, 5) is 12.4. The fourth-order valence-corrected chi connectivity index (χ4v) is 2.47. The fourth-order valence-electron chi connectivity index (χ4n) is 2.04. The summed E-state index contributed by atoms with van der Waals surface area (Å²) in [6.45, 7) is 5.81. The molecule has 0 unspecified atom stereocenters. The number of anilines is 2. The largest absolute Gasteiger partial charge is 0.397 e. The molecule has 0 radical (unpaired) electrons. The third-order valence-electron chi connectivity index (χ3n) is 3.16. The highest BCUT2D eigenvalue weighted by Gasteiger charge is 2.16. The molecule has 3 N–H and O–H groups in total. The van der Waals surface area contributed by atoms with E-state index >= 15 is 0 Å². The number of aromatic nitrogens is 1. The lowest BCUT2D eigenvalue weighted by Gasteiger charge is -2.14. The van der Waals surface area contributed by atoms with Gasteiger partial charge in [-0.15, -0.1) is 0 Å². The average molecular weight is 326 g/mol. The van der Waals surface area contributed by atoms with E-state index in [0.29, 0.717) is 27.1 Å². The first-order valence-corrected chi connectivity index (χ1v) is 7.29. The normalized spacial score (nSPS) is 11.0. The van der Waals surface area contributed by atoms with E-state index in [-0.39, 0.29) is 11.9 Å². The number of nitrogens with zero attached hydrogens (tertiary/aromatic N) is 1. The summed E-state index contributed by atoms with van der Waals surface area (Å²) in [5, 5.41) is 3.77. The number of nitrogen functional groups attached to an aromatic ring is 1. The van der Waals surface area contributed by atoms with E-state index in [9.17, 15) is 4.79 Å². The standard InChI is InChI=1S/C15H17Cl2N3O/c1-8(2)20-7-10(18)5-14(20)15(21)19-13-6-11(16)9(3)4-12(13)17/h4-8H,18H2,1-3H3,(H,19,21). The highest BCUT2D eigenvalue weighted by atomic mass is 35.5. The molecule has 4 nitrogen and oxygen atoms in total. The van der Waals surface area contributed by atoms with Gasteiger partial charge in [0.2, 0.25) is 0 Å². The van der Waals surface area contributed by atoms with Gasteiger partial charge in [0, 0.05) is 17.3 Å². The van der Waals surface area contributed by atoms with Gasteiger partial charge in [-0.05, 0) is 44.5 Å². The number of nitrogens with two attached hydrogens (primary N) is 1. The van der Waals surface area contributed by atoms with Crippen molar-refractivity contribution in [1.29, 1.82) is 0 Å². The van der Waals surface area contributed by atoms with E-state index in [0.717, 1.165) is 5.56 Å². The number of nitrogens with one attached hydrogen (secondary N) is 1. The Kier molecular flexibility index (Phi) is 4.49. The number of carbonyl (C=O) groups excluding carboxylic acids is 1. The van der Waals surface area contributed by atoms with Crippen molar-refractivity contribution < 1.29 is 4.79 Å². The molecule has 2 aromatic rings. The Labute approximate surface area is 133 Å². The Morgan fingerprint density at radius 3 is 2.52 bits per heavy atom. The summed E-state index contributed by atoms with van der Waals surface area (Å²) < 4.78 is 1.81. The summed E-state index contributed by atoms with van der Waals surface area (Å²) in [6, 6.07) is 5.12. The molecule has 21 heavy (non-hydrogen) atoms. The molecule has 112 valence electrons. The quantitative estimate of drug-likeness (QED) is 0.871. The molecule has 1 aromatic carbocycles. The molecular weight excluding hydrogens is 309 g/mol. The number of amides is 1. The van der Waals surface area contributed by atoms with Gasteiger partial charge in [0.25, 0.3) is 5.91 Å². The van der Waals surface area contributed by atoms with E-state index in [1.54, 1.807) is 24.4 Å². The highest BCUT2D eigenvalue weighted by molar-refractivity contribution is 6.36. The predicted molar refractivity (Wildman–Crippen MR) is 88.4 cm³/mol. The maximum absolute atomic E-state index is 12.4. The lowest BCUT2D eigenvalue weighted by atomic mass is 10.2. The molecule has 1 aromatic heterocycles. The fraction of sp³-hybridized carbons (Fsp3) is 0.267. The van der Waals surface area contributed by atoms with E-state index in [2.05, 4.69) is 5.32 Å². The van der Waals surface area contributed by atoms with Crippen LogP contribution in [0.15, 0.2) is 24.4 Å². The van der Waals surface area contributed by atoms with Crippen LogP contribution >= 0.6 is 23.2 Å². The molecule has 1 heterocycles. The van der Waals surface area contributed by atoms with Crippen molar-refractivity contribution in [3.8, 4) is 0 Å². The summed E-state index contributed by atoms with van der Waals surface area (Å²) in [7, 11) is 0. The molecule has 6 heteroatoms. The Morgan fingerprint density at radius 2 is 1.90 bits per heavy atom. The van der Waals surface area contributed by atoms with Gasteiger partial charge in [-0.2, -0.15) is 0 Å². The third-order valence-corrected chi connectivity index (χ3v) is 3.88. The Balaban J connectivity index is 2.33. The van der Waals surface area contributed by atoms with Crippen molar-refractivity contribution in [3.63, 3.8) is 0 Å². The Bertz CT molecular complexity index is 692. The highest BCUT2D eigenvalue weighted by Crippen LogP contribution is 2.29. The molecule has 0 aliphatic rings. The van der Waals surface area contributed by atoms with Crippen LogP contribution in [-0.2, 0) is 0 Å². The number of rotatable bonds is 3. The first kappa shape index (κ1) is 15.7. The number of carbonyl (C=O) groups is 1. The minimum absolute atomic E-state index is 0.125. The van der Waals surface area contributed by atoms with Crippen LogP contribution in [0.25, 0.3) is 0 Å². The van der Waals surface area contributed by atoms with Crippen LogP contribution in [0.3, 0.4) is 0 Å². The van der Waals surface area contributed by atoms with Gasteiger partial charge in [-0.25, -0.2) is 0 Å². The number of aryl methyl sites for hydroxylation is 1. The van der Waals surface area contributed by atoms with Crippen LogP contribution in [0.4, 0.5) is 11.4 Å². The Morgan fingerprint density at radius 1 is 1.24 bits per heavy atom. The maximum Gasteiger partial charge on any atom is 0.272 e. The molecule has 0 bridgehead atoms. The smallest absolute Gasteiger partial charge is 0.272 e. The van der Waals surface area contributed by atoms with Crippen LogP contribution in [-0.4, -0.2) is 10.5 Å². The topological polar surface area (TPSA) is 60.1 Å². The predicted octanol–water partition coefficient (Wildman–Crippen LogP) is 4.52. The van der Waals surface area contributed by atoms with Crippen molar-refractivity contribution in [2.75, 3.05) is 11.1 Å². The van der Waals surface area contributed by atoms with Crippen molar-refractivity contribution in [1.82, 2.24) is 4.57 Å². The zero-order chi connectivity index (χ0) is 15.7. The first-order valence-electron chi connectivity index (χ1n) is 6.54. The van der Waals surface area contributed by atoms with Crippen LogP contribution in [0.2, 0.25) is 10.0 Å². The van der Waals surface area contributed by atoms with Gasteiger partial charge < -0.3 is 15.6 Å². The summed E-state index contributed by atoms with van der Waals surface area (Å²) in [5.74, 6) is -0.276. The number of hydrogen-bond donors (Lipinski definition) is 2. The van der Waals surface area contributed by atoms with Crippen molar-refractivity contribution in [3.05, 3.63) is 45.7 Å². The van der Waals surface area contributed by atoms with Crippen LogP contribution in [0.5, 0.6) is 0 Å². The molecule has 0 aliphatic heterocycles. The minimum atomic E-state index is -0.276. The van der Waals surface area contributed by atoms with E-state index in [4.69, 9.17) is 28.9 Å². The van der Waals surface area contributed by atoms with E-state index < -0.39 is 0 Å². The summed E-state index contributed by atoms with van der Waals surface area (Å²) >= 11 is 12.2. The summed E-state index contributed by atoms with van der Waals surface area (Å²) in [6.07, 6.45) is 1.74. The second kappa shape index (κ2) is 6.00. The summed E-state index contributed by atoms with van der Waals surface area (Å²) in [5.41, 5.74) is 8.13. The number of hydrogen-bond acceptors (Lipinski definition) is 2. The molecule has 0 fully saturated rings. The third kappa shape index (κ3) is 3.34. The molecule has 0 saturated carbocycles. The van der Waals surface area contributed by atoms with Crippen LogP contribution < -0.4 is 11.1 Å². The van der Waals surface area contributed by atoms with Gasteiger partial charge >= 0.3 is 0 Å². The molecular formula is C15H17Cl2N3O. The molecule has 0 spiro atoms. The molecule has 0 atom stereocenters. The van der Waals surface area contributed by atoms with Gasteiger partial charge in [0.05, 0.1) is 16.4 Å². The lowest BCUT2D eigenvalue weighted by molar-refractivity contribution is 0.101. The maximum atomic E-state index is 12.4. The van der Waals surface area contributed by atoms with Gasteiger partial charge in [0.1, 0.15) is 5.69 Å². The SMILES string of the molecule is Cc1cc(Cl)c(NC(=O)c2cc(N)cn2C(C)C)cc1Cl. The number of benzene rings is 1. The van der Waals surface area contributed by atoms with Crippen LogP contribution in [0.1, 0.15) is 35.9 Å². The average Bonchev–Trinajstić information content (AvgIpc) is 2.78. The van der Waals surface area contributed by atoms with Gasteiger partial charge in [-0.3, -0.25) is 4.79 Å². The molecule has 1 amide bonds. The molecule has 0 saturated heterocycles. The Hall–Kier alpha value is -1.65. The van der Waals surface area contributed by atoms with Gasteiger partial charge in [-0.1, -0.05) is 23.2 Å². The molecule has 2 rings (SSSR count). The van der Waals surface area contributed by atoms with Crippen LogP contribution in [0, 0.1) is 6.92 Å². The number of halogens is 2. The second-order valence-corrected chi connectivity index (χ2v) is 6.01. The lowest BCUT2D eigenvalue weighted by Crippen LogP contribution is -2.18. The zero-order valence-electron chi connectivity index (χ0n) is 12.1. The first-order chi connectivity index (χ1) is 9.79. The van der Waals surface area contributed by atoms with E-state index in [1.807, 2.05) is 25.3 Å². The monoisotopic (exact) mass is 325 g/mol. The van der Waals surface area contributed by atoms with Crippen molar-refractivity contribution >= 4 is 40.5 Å². The molecule has 0 aliphatic carbocycles.